The smallest absolute Gasteiger partial charge is 0.123 e. The number of nitrogens with one attached hydrogen (secondary N) is 1. The van der Waals surface area contributed by atoms with Crippen molar-refractivity contribution >= 4 is 0 Å². The van der Waals surface area contributed by atoms with Crippen molar-refractivity contribution in [1.29, 1.82) is 0 Å². The Balaban J connectivity index is 1.97. The fourth-order valence-corrected chi connectivity index (χ4v) is 3.14. The van der Waals surface area contributed by atoms with Gasteiger partial charge >= 0.3 is 0 Å². The Labute approximate surface area is 119 Å². The SMILES string of the molecule is CCNC(c1ccc(F)cc1)C1(c2ccccc2)CC1. The highest BCUT2D eigenvalue weighted by atomic mass is 19.1. The summed E-state index contributed by atoms with van der Waals surface area (Å²) in [5.74, 6) is -0.173. The molecule has 2 heteroatoms. The molecule has 1 nitrogen and oxygen atoms in total. The molecule has 0 bridgehead atoms. The minimum absolute atomic E-state index is 0.173. The quantitative estimate of drug-likeness (QED) is 0.857. The fraction of sp³-hybridized carbons (Fsp3) is 0.333. The monoisotopic (exact) mass is 269 g/mol. The number of halogens is 1. The van der Waals surface area contributed by atoms with Crippen LogP contribution in [0.3, 0.4) is 0 Å². The van der Waals surface area contributed by atoms with Gasteiger partial charge in [-0.25, -0.2) is 4.39 Å². The van der Waals surface area contributed by atoms with Crippen LogP contribution >= 0.6 is 0 Å². The molecule has 2 aromatic carbocycles. The van der Waals surface area contributed by atoms with E-state index in [0.29, 0.717) is 0 Å². The molecule has 1 N–H and O–H groups in total. The summed E-state index contributed by atoms with van der Waals surface area (Å²) in [5.41, 5.74) is 2.74. The first-order chi connectivity index (χ1) is 9.76. The average molecular weight is 269 g/mol. The fourth-order valence-electron chi connectivity index (χ4n) is 3.14. The molecule has 1 aliphatic carbocycles. The lowest BCUT2D eigenvalue weighted by Gasteiger charge is -2.29. The standard InChI is InChI=1S/C18H20FN/c1-2-20-17(14-8-10-16(19)11-9-14)18(12-13-18)15-6-4-3-5-7-15/h3-11,17,20H,2,12-13H2,1H3. The highest BCUT2D eigenvalue weighted by Gasteiger charge is 2.50. The van der Waals surface area contributed by atoms with E-state index in [1.807, 2.05) is 12.1 Å². The van der Waals surface area contributed by atoms with Crippen LogP contribution in [0.25, 0.3) is 0 Å². The van der Waals surface area contributed by atoms with E-state index in [0.717, 1.165) is 6.54 Å². The molecule has 1 unspecified atom stereocenters. The van der Waals surface area contributed by atoms with Gasteiger partial charge in [-0.1, -0.05) is 49.4 Å². The molecule has 0 aromatic heterocycles. The molecule has 0 aliphatic heterocycles. The van der Waals surface area contributed by atoms with Gasteiger partial charge in [0.1, 0.15) is 5.82 Å². The van der Waals surface area contributed by atoms with Gasteiger partial charge < -0.3 is 5.32 Å². The van der Waals surface area contributed by atoms with Crippen LogP contribution in [0, 0.1) is 5.82 Å². The third kappa shape index (κ3) is 2.36. The zero-order valence-corrected chi connectivity index (χ0v) is 11.8. The van der Waals surface area contributed by atoms with Crippen molar-refractivity contribution in [2.75, 3.05) is 6.54 Å². The summed E-state index contributed by atoms with van der Waals surface area (Å²) in [5, 5.41) is 3.60. The maximum Gasteiger partial charge on any atom is 0.123 e. The topological polar surface area (TPSA) is 12.0 Å². The molecule has 3 rings (SSSR count). The van der Waals surface area contributed by atoms with Crippen molar-refractivity contribution in [2.24, 2.45) is 0 Å². The molecule has 104 valence electrons. The van der Waals surface area contributed by atoms with Crippen molar-refractivity contribution < 1.29 is 4.39 Å². The van der Waals surface area contributed by atoms with E-state index in [9.17, 15) is 4.39 Å². The Hall–Kier alpha value is -1.67. The van der Waals surface area contributed by atoms with Crippen molar-refractivity contribution in [3.05, 3.63) is 71.5 Å². The second kappa shape index (κ2) is 5.37. The summed E-state index contributed by atoms with van der Waals surface area (Å²) in [4.78, 5) is 0. The largest absolute Gasteiger partial charge is 0.309 e. The zero-order chi connectivity index (χ0) is 14.0. The van der Waals surface area contributed by atoms with Crippen molar-refractivity contribution in [2.45, 2.75) is 31.2 Å². The Morgan fingerprint density at radius 3 is 2.25 bits per heavy atom. The lowest BCUT2D eigenvalue weighted by Crippen LogP contribution is -2.32. The van der Waals surface area contributed by atoms with E-state index in [1.54, 1.807) is 12.1 Å². The molecule has 0 spiro atoms. The second-order valence-electron chi connectivity index (χ2n) is 5.56. The maximum absolute atomic E-state index is 13.2. The van der Waals surface area contributed by atoms with Crippen LogP contribution < -0.4 is 5.32 Å². The van der Waals surface area contributed by atoms with Crippen LogP contribution in [0.4, 0.5) is 4.39 Å². The summed E-state index contributed by atoms with van der Waals surface area (Å²) in [7, 11) is 0. The first-order valence-electron chi connectivity index (χ1n) is 7.30. The van der Waals surface area contributed by atoms with Crippen LogP contribution in [-0.2, 0) is 5.41 Å². The number of hydrogen-bond acceptors (Lipinski definition) is 1. The first kappa shape index (κ1) is 13.3. The lowest BCUT2D eigenvalue weighted by atomic mass is 9.84. The molecule has 0 saturated heterocycles. The Morgan fingerprint density at radius 1 is 1.05 bits per heavy atom. The molecular weight excluding hydrogens is 249 g/mol. The Bertz CT molecular complexity index is 558. The molecule has 2 aromatic rings. The zero-order valence-electron chi connectivity index (χ0n) is 11.8. The van der Waals surface area contributed by atoms with Crippen molar-refractivity contribution in [3.8, 4) is 0 Å². The third-order valence-corrected chi connectivity index (χ3v) is 4.30. The Kier molecular flexibility index (Phi) is 3.58. The highest BCUT2D eigenvalue weighted by molar-refractivity contribution is 5.38. The van der Waals surface area contributed by atoms with Crippen LogP contribution in [-0.4, -0.2) is 6.54 Å². The van der Waals surface area contributed by atoms with Gasteiger partial charge in [0.2, 0.25) is 0 Å². The van der Waals surface area contributed by atoms with E-state index >= 15 is 0 Å². The highest BCUT2D eigenvalue weighted by Crippen LogP contribution is 2.56. The molecule has 1 fully saturated rings. The number of benzene rings is 2. The van der Waals surface area contributed by atoms with Gasteiger partial charge in [-0.05, 0) is 42.6 Å². The van der Waals surface area contributed by atoms with Gasteiger partial charge in [0.25, 0.3) is 0 Å². The predicted molar refractivity (Wildman–Crippen MR) is 80.2 cm³/mol. The molecule has 1 saturated carbocycles. The van der Waals surface area contributed by atoms with Gasteiger partial charge in [-0.2, -0.15) is 0 Å². The van der Waals surface area contributed by atoms with Crippen molar-refractivity contribution in [1.82, 2.24) is 5.32 Å². The van der Waals surface area contributed by atoms with Gasteiger partial charge in [0, 0.05) is 11.5 Å². The molecule has 0 radical (unpaired) electrons. The molecule has 0 amide bonds. The molecular formula is C18H20FN. The number of rotatable bonds is 5. The van der Waals surface area contributed by atoms with Crippen LogP contribution in [0.5, 0.6) is 0 Å². The first-order valence-corrected chi connectivity index (χ1v) is 7.30. The van der Waals surface area contributed by atoms with Gasteiger partial charge in [0.15, 0.2) is 0 Å². The average Bonchev–Trinajstić information content (AvgIpc) is 3.28. The van der Waals surface area contributed by atoms with E-state index in [-0.39, 0.29) is 17.3 Å². The second-order valence-corrected chi connectivity index (χ2v) is 5.56. The summed E-state index contributed by atoms with van der Waals surface area (Å²) in [6, 6.07) is 17.9. The molecule has 20 heavy (non-hydrogen) atoms. The van der Waals surface area contributed by atoms with Crippen LogP contribution in [0.1, 0.15) is 36.9 Å². The third-order valence-electron chi connectivity index (χ3n) is 4.30. The molecule has 1 atom stereocenters. The maximum atomic E-state index is 13.2. The van der Waals surface area contributed by atoms with E-state index in [1.165, 1.54) is 24.0 Å². The van der Waals surface area contributed by atoms with Gasteiger partial charge in [0.05, 0.1) is 0 Å². The van der Waals surface area contributed by atoms with E-state index < -0.39 is 0 Å². The number of hydrogen-bond donors (Lipinski definition) is 1. The normalized spacial score (nSPS) is 17.7. The summed E-state index contributed by atoms with van der Waals surface area (Å²) < 4.78 is 13.2. The van der Waals surface area contributed by atoms with Gasteiger partial charge in [-0.3, -0.25) is 0 Å². The van der Waals surface area contributed by atoms with Crippen LogP contribution in [0.2, 0.25) is 0 Å². The Morgan fingerprint density at radius 2 is 1.70 bits per heavy atom. The van der Waals surface area contributed by atoms with Crippen LogP contribution in [0.15, 0.2) is 54.6 Å². The predicted octanol–water partition coefficient (Wildman–Crippen LogP) is 4.21. The number of likely N-dealkylation sites (N-methyl/N-ethyl adjacent to an activating group) is 1. The summed E-state index contributed by atoms with van der Waals surface area (Å²) in [6.07, 6.45) is 2.37. The minimum atomic E-state index is -0.173. The van der Waals surface area contributed by atoms with E-state index in [2.05, 4.69) is 42.6 Å². The molecule has 0 heterocycles. The van der Waals surface area contributed by atoms with E-state index in [4.69, 9.17) is 0 Å². The van der Waals surface area contributed by atoms with Crippen molar-refractivity contribution in [3.63, 3.8) is 0 Å². The summed E-state index contributed by atoms with van der Waals surface area (Å²) >= 11 is 0. The minimum Gasteiger partial charge on any atom is -0.309 e. The van der Waals surface area contributed by atoms with Gasteiger partial charge in [-0.15, -0.1) is 0 Å². The summed E-state index contributed by atoms with van der Waals surface area (Å²) in [6.45, 7) is 3.04. The lowest BCUT2D eigenvalue weighted by molar-refractivity contribution is 0.439. The molecule has 1 aliphatic rings.